The van der Waals surface area contributed by atoms with Gasteiger partial charge in [-0.05, 0) is 48.6 Å². The SMILES string of the molecule is C[C@@H](C/C=C/CSc1nc2c(c(=O)[nH]1)[C@](C)(C1CCCCC1)Cc1ccccc1-2)c1ccccc1. The number of hydrogen-bond donors (Lipinski definition) is 1. The van der Waals surface area contributed by atoms with Gasteiger partial charge in [0, 0.05) is 16.7 Å². The lowest BCUT2D eigenvalue weighted by Crippen LogP contribution is -2.43. The average Bonchev–Trinajstić information content (AvgIpc) is 2.89. The van der Waals surface area contributed by atoms with E-state index in [2.05, 4.69) is 85.6 Å². The number of fused-ring (bicyclic) bond motifs is 3. The molecule has 5 rings (SSSR count). The molecule has 4 heteroatoms. The van der Waals surface area contributed by atoms with E-state index in [1.807, 2.05) is 0 Å². The van der Waals surface area contributed by atoms with Gasteiger partial charge >= 0.3 is 0 Å². The van der Waals surface area contributed by atoms with E-state index in [0.717, 1.165) is 40.6 Å². The number of aromatic nitrogens is 2. The van der Waals surface area contributed by atoms with Crippen LogP contribution in [0.15, 0.2) is 76.7 Å². The van der Waals surface area contributed by atoms with Crippen molar-refractivity contribution in [1.82, 2.24) is 9.97 Å². The highest BCUT2D eigenvalue weighted by Crippen LogP contribution is 2.48. The molecule has 1 saturated carbocycles. The normalized spacial score (nSPS) is 21.0. The van der Waals surface area contributed by atoms with Gasteiger partial charge in [0.25, 0.3) is 5.56 Å². The van der Waals surface area contributed by atoms with E-state index in [0.29, 0.717) is 11.8 Å². The fraction of sp³-hybridized carbons (Fsp3) is 0.419. The topological polar surface area (TPSA) is 45.8 Å². The Bertz CT molecular complexity index is 1240. The predicted molar refractivity (Wildman–Crippen MR) is 147 cm³/mol. The molecule has 0 amide bonds. The Kier molecular flexibility index (Phi) is 7.29. The van der Waals surface area contributed by atoms with Crippen molar-refractivity contribution in [3.8, 4) is 11.3 Å². The highest BCUT2D eigenvalue weighted by atomic mass is 32.2. The molecule has 3 aromatic rings. The number of nitrogens with one attached hydrogen (secondary N) is 1. The molecule has 0 saturated heterocycles. The maximum Gasteiger partial charge on any atom is 0.255 e. The van der Waals surface area contributed by atoms with Gasteiger partial charge in [-0.25, -0.2) is 4.98 Å². The highest BCUT2D eigenvalue weighted by molar-refractivity contribution is 7.99. The van der Waals surface area contributed by atoms with Gasteiger partial charge in [0.05, 0.1) is 11.3 Å². The predicted octanol–water partition coefficient (Wildman–Crippen LogP) is 7.67. The second-order valence-electron chi connectivity index (χ2n) is 10.5. The zero-order valence-corrected chi connectivity index (χ0v) is 21.7. The molecule has 0 aliphatic heterocycles. The zero-order chi connectivity index (χ0) is 24.3. The van der Waals surface area contributed by atoms with Gasteiger partial charge in [-0.3, -0.25) is 4.79 Å². The third kappa shape index (κ3) is 5.04. The van der Waals surface area contributed by atoms with Crippen molar-refractivity contribution in [3.05, 3.63) is 93.8 Å². The lowest BCUT2D eigenvalue weighted by molar-refractivity contribution is 0.213. The van der Waals surface area contributed by atoms with Crippen molar-refractivity contribution in [2.24, 2.45) is 5.92 Å². The van der Waals surface area contributed by atoms with E-state index in [1.54, 1.807) is 11.8 Å². The highest BCUT2D eigenvalue weighted by Gasteiger charge is 2.44. The van der Waals surface area contributed by atoms with Crippen molar-refractivity contribution < 1.29 is 0 Å². The molecule has 1 N–H and O–H groups in total. The average molecular weight is 485 g/mol. The van der Waals surface area contributed by atoms with Crippen LogP contribution in [-0.2, 0) is 11.8 Å². The lowest BCUT2D eigenvalue weighted by atomic mass is 9.60. The molecule has 0 bridgehead atoms. The summed E-state index contributed by atoms with van der Waals surface area (Å²) in [5, 5.41) is 0.720. The van der Waals surface area contributed by atoms with Gasteiger partial charge in [0.15, 0.2) is 5.16 Å². The molecule has 1 heterocycles. The number of aromatic amines is 1. The van der Waals surface area contributed by atoms with Crippen LogP contribution in [0.3, 0.4) is 0 Å². The number of benzene rings is 2. The van der Waals surface area contributed by atoms with Crippen LogP contribution in [0.5, 0.6) is 0 Å². The van der Waals surface area contributed by atoms with Gasteiger partial charge in [-0.1, -0.05) is 112 Å². The second-order valence-corrected chi connectivity index (χ2v) is 11.5. The molecule has 1 fully saturated rings. The van der Waals surface area contributed by atoms with Crippen LogP contribution >= 0.6 is 11.8 Å². The molecular weight excluding hydrogens is 448 g/mol. The summed E-state index contributed by atoms with van der Waals surface area (Å²) in [7, 11) is 0. The molecule has 2 aliphatic rings. The third-order valence-electron chi connectivity index (χ3n) is 8.15. The van der Waals surface area contributed by atoms with Crippen molar-refractivity contribution in [3.63, 3.8) is 0 Å². The summed E-state index contributed by atoms with van der Waals surface area (Å²) in [6.07, 6.45) is 12.7. The molecule has 2 atom stereocenters. The molecular formula is C31H36N2OS. The number of rotatable bonds is 7. The number of thioether (sulfide) groups is 1. The van der Waals surface area contributed by atoms with Gasteiger partial charge in [0.1, 0.15) is 0 Å². The maximum atomic E-state index is 13.6. The first-order chi connectivity index (χ1) is 17.1. The van der Waals surface area contributed by atoms with Gasteiger partial charge in [0.2, 0.25) is 0 Å². The summed E-state index contributed by atoms with van der Waals surface area (Å²) < 4.78 is 0. The Balaban J connectivity index is 1.36. The molecule has 3 nitrogen and oxygen atoms in total. The van der Waals surface area contributed by atoms with Crippen LogP contribution in [0.1, 0.15) is 75.0 Å². The fourth-order valence-corrected chi connectivity index (χ4v) is 6.85. The van der Waals surface area contributed by atoms with E-state index >= 15 is 0 Å². The van der Waals surface area contributed by atoms with Crippen molar-refractivity contribution in [2.45, 2.75) is 75.3 Å². The summed E-state index contributed by atoms with van der Waals surface area (Å²) in [4.78, 5) is 21.8. The minimum Gasteiger partial charge on any atom is -0.301 e. The van der Waals surface area contributed by atoms with E-state index in [-0.39, 0.29) is 11.0 Å². The summed E-state index contributed by atoms with van der Waals surface area (Å²) in [6.45, 7) is 4.58. The molecule has 0 spiro atoms. The molecule has 0 radical (unpaired) electrons. The first-order valence-electron chi connectivity index (χ1n) is 13.1. The Morgan fingerprint density at radius 3 is 2.60 bits per heavy atom. The maximum absolute atomic E-state index is 13.6. The summed E-state index contributed by atoms with van der Waals surface area (Å²) in [6, 6.07) is 19.2. The van der Waals surface area contributed by atoms with Crippen molar-refractivity contribution in [2.75, 3.05) is 5.75 Å². The summed E-state index contributed by atoms with van der Waals surface area (Å²) in [5.74, 6) is 1.83. The largest absolute Gasteiger partial charge is 0.301 e. The Hall–Kier alpha value is -2.59. The Morgan fingerprint density at radius 1 is 1.06 bits per heavy atom. The Morgan fingerprint density at radius 2 is 1.80 bits per heavy atom. The van der Waals surface area contributed by atoms with Crippen LogP contribution in [0.25, 0.3) is 11.3 Å². The third-order valence-corrected chi connectivity index (χ3v) is 8.97. The summed E-state index contributed by atoms with van der Waals surface area (Å²) >= 11 is 1.61. The van der Waals surface area contributed by atoms with Crippen LogP contribution in [0.2, 0.25) is 0 Å². The second kappa shape index (κ2) is 10.6. The summed E-state index contributed by atoms with van der Waals surface area (Å²) in [5.41, 5.74) is 5.56. The number of allylic oxidation sites excluding steroid dienone is 1. The molecule has 182 valence electrons. The number of H-pyrrole nitrogens is 1. The van der Waals surface area contributed by atoms with Crippen LogP contribution in [-0.4, -0.2) is 15.7 Å². The number of hydrogen-bond acceptors (Lipinski definition) is 3. The van der Waals surface area contributed by atoms with Crippen LogP contribution in [0.4, 0.5) is 0 Å². The molecule has 0 unspecified atom stereocenters. The minimum absolute atomic E-state index is 0.0572. The molecule has 2 aliphatic carbocycles. The molecule has 2 aromatic carbocycles. The van der Waals surface area contributed by atoms with Crippen LogP contribution < -0.4 is 5.56 Å². The van der Waals surface area contributed by atoms with E-state index in [4.69, 9.17) is 4.98 Å². The van der Waals surface area contributed by atoms with E-state index < -0.39 is 0 Å². The standard InChI is InChI=1S/C31H36N2OS/c1-22(23-14-5-3-6-15-23)13-11-12-20-35-30-32-28-26-19-10-9-16-24(26)21-31(2,27(28)29(34)33-30)25-17-7-4-8-18-25/h3,5-6,9-12,14-16,19,22,25H,4,7-8,13,17-18,20-21H2,1-2H3,(H,32,33,34)/b12-11+/t22-,31-/m0/s1. The smallest absolute Gasteiger partial charge is 0.255 e. The first-order valence-corrected chi connectivity index (χ1v) is 14.1. The minimum atomic E-state index is -0.151. The molecule has 1 aromatic heterocycles. The van der Waals surface area contributed by atoms with E-state index in [1.165, 1.54) is 43.2 Å². The Labute approximate surface area is 213 Å². The molecule has 35 heavy (non-hydrogen) atoms. The lowest BCUT2D eigenvalue weighted by Gasteiger charge is -2.43. The fourth-order valence-electron chi connectivity index (χ4n) is 6.14. The number of nitrogens with zero attached hydrogens (tertiary/aromatic N) is 1. The monoisotopic (exact) mass is 484 g/mol. The van der Waals surface area contributed by atoms with Crippen molar-refractivity contribution >= 4 is 11.8 Å². The first kappa shape index (κ1) is 24.1. The van der Waals surface area contributed by atoms with Crippen molar-refractivity contribution in [1.29, 1.82) is 0 Å². The van der Waals surface area contributed by atoms with Gasteiger partial charge in [-0.15, -0.1) is 0 Å². The van der Waals surface area contributed by atoms with E-state index in [9.17, 15) is 4.79 Å². The zero-order valence-electron chi connectivity index (χ0n) is 20.9. The van der Waals surface area contributed by atoms with Crippen LogP contribution in [0, 0.1) is 5.92 Å². The van der Waals surface area contributed by atoms with Gasteiger partial charge < -0.3 is 4.98 Å². The van der Waals surface area contributed by atoms with Gasteiger partial charge in [-0.2, -0.15) is 0 Å². The quantitative estimate of drug-likeness (QED) is 0.213.